The number of hydrogen-bond acceptors (Lipinski definition) is 2. The van der Waals surface area contributed by atoms with Crippen molar-refractivity contribution in [3.05, 3.63) is 29.6 Å². The lowest BCUT2D eigenvalue weighted by atomic mass is 10.2. The Kier molecular flexibility index (Phi) is 3.74. The molecule has 0 aromatic heterocycles. The molecule has 0 atom stereocenters. The third kappa shape index (κ3) is 2.85. The Morgan fingerprint density at radius 2 is 1.94 bits per heavy atom. The molecule has 0 fully saturated rings. The number of nitrogens with two attached hydrogens (primary N) is 1. The van der Waals surface area contributed by atoms with E-state index in [0.717, 1.165) is 12.1 Å². The minimum absolute atomic E-state index is 0.110. The van der Waals surface area contributed by atoms with Gasteiger partial charge in [-0.2, -0.15) is 13.2 Å². The smallest absolute Gasteiger partial charge is 0.371 e. The van der Waals surface area contributed by atoms with E-state index in [9.17, 15) is 17.6 Å². The molecule has 1 aromatic carbocycles. The predicted molar refractivity (Wildman–Crippen MR) is 53.7 cm³/mol. The number of likely N-dealkylation sites (N-methyl/N-ethyl adjacent to an activating group) is 1. The second kappa shape index (κ2) is 4.69. The number of benzene rings is 1. The Bertz CT molecular complexity index is 362. The minimum Gasteiger partial charge on any atom is -0.371 e. The zero-order valence-corrected chi connectivity index (χ0v) is 8.68. The number of alkyl halides is 3. The lowest BCUT2D eigenvalue weighted by Crippen LogP contribution is -2.25. The van der Waals surface area contributed by atoms with Crippen LogP contribution in [-0.2, 0) is 6.18 Å². The van der Waals surface area contributed by atoms with Gasteiger partial charge in [0.25, 0.3) is 0 Å². The molecule has 0 saturated carbocycles. The molecule has 0 radical (unpaired) electrons. The first-order chi connectivity index (χ1) is 7.36. The Labute approximate surface area is 90.7 Å². The van der Waals surface area contributed by atoms with Gasteiger partial charge in [0, 0.05) is 20.1 Å². The molecule has 16 heavy (non-hydrogen) atoms. The summed E-state index contributed by atoms with van der Waals surface area (Å²) in [6.07, 6.45) is -4.52. The topological polar surface area (TPSA) is 29.3 Å². The van der Waals surface area contributed by atoms with Crippen LogP contribution in [0.1, 0.15) is 5.56 Å². The largest absolute Gasteiger partial charge is 0.416 e. The molecule has 0 aliphatic carbocycles. The van der Waals surface area contributed by atoms with Crippen LogP contribution in [0.4, 0.5) is 23.2 Å². The number of anilines is 1. The van der Waals surface area contributed by atoms with Crippen molar-refractivity contribution in [1.82, 2.24) is 0 Å². The van der Waals surface area contributed by atoms with Crippen molar-refractivity contribution >= 4 is 5.69 Å². The van der Waals surface area contributed by atoms with Crippen LogP contribution in [0, 0.1) is 5.82 Å². The highest BCUT2D eigenvalue weighted by molar-refractivity contribution is 5.48. The van der Waals surface area contributed by atoms with E-state index in [1.165, 1.54) is 4.90 Å². The van der Waals surface area contributed by atoms with E-state index in [2.05, 4.69) is 0 Å². The standard InChI is InChI=1S/C10H12F4N2/c1-16(5-4-15)9-3-2-7(6-8(9)11)10(12,13)14/h2-3,6H,4-5,15H2,1H3. The van der Waals surface area contributed by atoms with Crippen LogP contribution in [0.25, 0.3) is 0 Å². The predicted octanol–water partition coefficient (Wildman–Crippen LogP) is 2.24. The molecule has 2 nitrogen and oxygen atoms in total. The molecular weight excluding hydrogens is 224 g/mol. The first kappa shape index (κ1) is 12.8. The molecule has 0 bridgehead atoms. The van der Waals surface area contributed by atoms with E-state index in [1.54, 1.807) is 7.05 Å². The summed E-state index contributed by atoms with van der Waals surface area (Å²) in [5.41, 5.74) is 4.39. The quantitative estimate of drug-likeness (QED) is 0.815. The summed E-state index contributed by atoms with van der Waals surface area (Å²) >= 11 is 0. The van der Waals surface area contributed by atoms with E-state index in [-0.39, 0.29) is 5.69 Å². The van der Waals surface area contributed by atoms with E-state index in [0.29, 0.717) is 19.2 Å². The van der Waals surface area contributed by atoms with Crippen LogP contribution in [-0.4, -0.2) is 20.1 Å². The van der Waals surface area contributed by atoms with Crippen molar-refractivity contribution < 1.29 is 17.6 Å². The Hall–Kier alpha value is -1.30. The second-order valence-electron chi connectivity index (χ2n) is 3.37. The number of rotatable bonds is 3. The maximum Gasteiger partial charge on any atom is 0.416 e. The van der Waals surface area contributed by atoms with Gasteiger partial charge >= 0.3 is 6.18 Å². The lowest BCUT2D eigenvalue weighted by Gasteiger charge is -2.19. The fourth-order valence-corrected chi connectivity index (χ4v) is 1.31. The first-order valence-corrected chi connectivity index (χ1v) is 4.64. The van der Waals surface area contributed by atoms with Crippen LogP contribution in [0.2, 0.25) is 0 Å². The normalized spacial score (nSPS) is 11.6. The first-order valence-electron chi connectivity index (χ1n) is 4.64. The average Bonchev–Trinajstić information content (AvgIpc) is 2.16. The van der Waals surface area contributed by atoms with Crippen LogP contribution in [0.5, 0.6) is 0 Å². The molecule has 0 saturated heterocycles. The molecule has 0 aliphatic heterocycles. The van der Waals surface area contributed by atoms with Crippen LogP contribution < -0.4 is 10.6 Å². The summed E-state index contributed by atoms with van der Waals surface area (Å²) in [6.45, 7) is 0.680. The summed E-state index contributed by atoms with van der Waals surface area (Å²) in [5, 5.41) is 0. The van der Waals surface area contributed by atoms with Gasteiger partial charge < -0.3 is 10.6 Å². The van der Waals surface area contributed by atoms with Gasteiger partial charge in [0.2, 0.25) is 0 Å². The maximum absolute atomic E-state index is 13.4. The Balaban J connectivity index is 3.00. The van der Waals surface area contributed by atoms with Gasteiger partial charge in [-0.1, -0.05) is 0 Å². The molecule has 6 heteroatoms. The zero-order chi connectivity index (χ0) is 12.3. The maximum atomic E-state index is 13.4. The summed E-state index contributed by atoms with van der Waals surface area (Å²) in [5.74, 6) is -0.897. The van der Waals surface area contributed by atoms with Crippen LogP contribution >= 0.6 is 0 Å². The molecule has 0 amide bonds. The molecule has 1 aromatic rings. The van der Waals surface area contributed by atoms with Gasteiger partial charge in [0.15, 0.2) is 0 Å². The highest BCUT2D eigenvalue weighted by Crippen LogP contribution is 2.31. The van der Waals surface area contributed by atoms with Gasteiger partial charge in [0.05, 0.1) is 11.3 Å². The number of nitrogens with zero attached hydrogens (tertiary/aromatic N) is 1. The lowest BCUT2D eigenvalue weighted by molar-refractivity contribution is -0.137. The van der Waals surface area contributed by atoms with Gasteiger partial charge in [0.1, 0.15) is 5.82 Å². The average molecular weight is 236 g/mol. The van der Waals surface area contributed by atoms with E-state index < -0.39 is 17.6 Å². The fraction of sp³-hybridized carbons (Fsp3) is 0.400. The molecule has 2 N–H and O–H groups in total. The highest BCUT2D eigenvalue weighted by atomic mass is 19.4. The van der Waals surface area contributed by atoms with Crippen molar-refractivity contribution in [2.75, 3.05) is 25.0 Å². The minimum atomic E-state index is -4.52. The Morgan fingerprint density at radius 1 is 1.31 bits per heavy atom. The molecule has 0 unspecified atom stereocenters. The highest BCUT2D eigenvalue weighted by Gasteiger charge is 2.31. The monoisotopic (exact) mass is 236 g/mol. The zero-order valence-electron chi connectivity index (χ0n) is 8.68. The SMILES string of the molecule is CN(CCN)c1ccc(C(F)(F)F)cc1F. The summed E-state index contributed by atoms with van der Waals surface area (Å²) in [4.78, 5) is 1.47. The van der Waals surface area contributed by atoms with E-state index >= 15 is 0 Å². The number of halogens is 4. The van der Waals surface area contributed by atoms with Crippen LogP contribution in [0.15, 0.2) is 18.2 Å². The summed E-state index contributed by atoms with van der Waals surface area (Å²) in [7, 11) is 1.57. The number of hydrogen-bond donors (Lipinski definition) is 1. The molecule has 1 rings (SSSR count). The van der Waals surface area contributed by atoms with Crippen molar-refractivity contribution in [2.45, 2.75) is 6.18 Å². The molecule has 0 aliphatic rings. The van der Waals surface area contributed by atoms with Gasteiger partial charge in [-0.05, 0) is 18.2 Å². The van der Waals surface area contributed by atoms with Crippen molar-refractivity contribution in [2.24, 2.45) is 5.73 Å². The fourth-order valence-electron chi connectivity index (χ4n) is 1.31. The van der Waals surface area contributed by atoms with Gasteiger partial charge in [-0.15, -0.1) is 0 Å². The third-order valence-corrected chi connectivity index (χ3v) is 2.15. The van der Waals surface area contributed by atoms with Crippen LogP contribution in [0.3, 0.4) is 0 Å². The summed E-state index contributed by atoms with van der Waals surface area (Å²) in [6, 6.07) is 2.45. The van der Waals surface area contributed by atoms with E-state index in [4.69, 9.17) is 5.73 Å². The molecule has 0 heterocycles. The molecular formula is C10H12F4N2. The van der Waals surface area contributed by atoms with Crippen molar-refractivity contribution in [3.63, 3.8) is 0 Å². The van der Waals surface area contributed by atoms with Gasteiger partial charge in [-0.25, -0.2) is 4.39 Å². The van der Waals surface area contributed by atoms with Crippen molar-refractivity contribution in [3.8, 4) is 0 Å². The Morgan fingerprint density at radius 3 is 2.38 bits per heavy atom. The van der Waals surface area contributed by atoms with Gasteiger partial charge in [-0.3, -0.25) is 0 Å². The molecule has 0 spiro atoms. The molecule has 90 valence electrons. The second-order valence-corrected chi connectivity index (χ2v) is 3.37. The summed E-state index contributed by atoms with van der Waals surface area (Å²) < 4.78 is 50.1. The van der Waals surface area contributed by atoms with Crippen molar-refractivity contribution in [1.29, 1.82) is 0 Å². The third-order valence-electron chi connectivity index (χ3n) is 2.15. The van der Waals surface area contributed by atoms with E-state index in [1.807, 2.05) is 0 Å².